The van der Waals surface area contributed by atoms with Gasteiger partial charge in [0.2, 0.25) is 0 Å². The summed E-state index contributed by atoms with van der Waals surface area (Å²) in [6.07, 6.45) is 3.28. The van der Waals surface area contributed by atoms with E-state index in [9.17, 15) is 4.79 Å². The maximum atomic E-state index is 11.1. The molecule has 1 amide bonds. The Morgan fingerprint density at radius 2 is 2.35 bits per heavy atom. The summed E-state index contributed by atoms with van der Waals surface area (Å²) in [5.74, 6) is 4.54. The van der Waals surface area contributed by atoms with Gasteiger partial charge in [-0.25, -0.2) is 10.5 Å². The molecule has 0 aliphatic rings. The van der Waals surface area contributed by atoms with E-state index in [1.165, 1.54) is 0 Å². The first-order valence-electron chi connectivity index (χ1n) is 5.10. The molecule has 0 saturated heterocycles. The summed E-state index contributed by atoms with van der Waals surface area (Å²) in [6, 6.07) is 1.93. The van der Waals surface area contributed by atoms with Gasteiger partial charge in [-0.2, -0.15) is 5.10 Å². The van der Waals surface area contributed by atoms with Crippen molar-refractivity contribution in [3.63, 3.8) is 0 Å². The molecule has 0 unspecified atom stereocenters. The molecule has 2 heterocycles. The average Bonchev–Trinajstić information content (AvgIpc) is 2.94. The molecule has 0 aliphatic heterocycles. The number of amides is 1. The third kappa shape index (κ3) is 2.48. The first kappa shape index (κ1) is 11.3. The number of carbonyl (C=O) groups excluding carboxylic acids is 1. The van der Waals surface area contributed by atoms with Gasteiger partial charge in [0.15, 0.2) is 5.69 Å². The number of nitrogens with zero attached hydrogens (tertiary/aromatic N) is 5. The monoisotopic (exact) mass is 235 g/mol. The molecule has 0 bridgehead atoms. The van der Waals surface area contributed by atoms with Crippen LogP contribution in [-0.4, -0.2) is 30.7 Å². The normalized spacial score (nSPS) is 10.5. The number of hydrazine groups is 1. The predicted octanol–water partition coefficient (Wildman–Crippen LogP) is -0.913. The number of carbonyl (C=O) groups is 1. The Balaban J connectivity index is 1.98. The topological polar surface area (TPSA) is 104 Å². The van der Waals surface area contributed by atoms with Crippen LogP contribution in [0.15, 0.2) is 18.5 Å². The Labute approximate surface area is 97.4 Å². The predicted molar refractivity (Wildman–Crippen MR) is 58.6 cm³/mol. The van der Waals surface area contributed by atoms with Crippen molar-refractivity contribution >= 4 is 5.91 Å². The fourth-order valence-corrected chi connectivity index (χ4v) is 1.42. The fraction of sp³-hybridized carbons (Fsp3) is 0.333. The fourth-order valence-electron chi connectivity index (χ4n) is 1.42. The van der Waals surface area contributed by atoms with Gasteiger partial charge in [0.05, 0.1) is 19.3 Å². The minimum atomic E-state index is -0.452. The summed E-state index contributed by atoms with van der Waals surface area (Å²) < 4.78 is 3.43. The van der Waals surface area contributed by atoms with Gasteiger partial charge in [-0.15, -0.1) is 5.10 Å². The highest BCUT2D eigenvalue weighted by atomic mass is 16.2. The van der Waals surface area contributed by atoms with Crippen molar-refractivity contribution in [2.75, 3.05) is 0 Å². The Hall–Kier alpha value is -2.22. The molecule has 0 radical (unpaired) electrons. The maximum absolute atomic E-state index is 11.1. The van der Waals surface area contributed by atoms with Crippen LogP contribution in [0.25, 0.3) is 0 Å². The standard InChI is InChI=1S/C9H13N7O/c1-7-2-3-11-16(7)5-4-15-6-8(13-14-15)9(17)12-10/h2-3,6H,4-5,10H2,1H3,(H,12,17). The van der Waals surface area contributed by atoms with E-state index in [1.807, 2.05) is 23.1 Å². The Kier molecular flexibility index (Phi) is 3.15. The van der Waals surface area contributed by atoms with E-state index in [-0.39, 0.29) is 5.69 Å². The van der Waals surface area contributed by atoms with E-state index in [4.69, 9.17) is 5.84 Å². The van der Waals surface area contributed by atoms with Crippen LogP contribution in [0.5, 0.6) is 0 Å². The van der Waals surface area contributed by atoms with Crippen LogP contribution < -0.4 is 11.3 Å². The first-order chi connectivity index (χ1) is 8.20. The minimum Gasteiger partial charge on any atom is -0.289 e. The van der Waals surface area contributed by atoms with Gasteiger partial charge in [-0.05, 0) is 13.0 Å². The van der Waals surface area contributed by atoms with E-state index >= 15 is 0 Å². The van der Waals surface area contributed by atoms with Gasteiger partial charge in [-0.1, -0.05) is 5.21 Å². The van der Waals surface area contributed by atoms with Gasteiger partial charge in [0.1, 0.15) is 0 Å². The molecule has 0 atom stereocenters. The molecule has 0 spiro atoms. The quantitative estimate of drug-likeness (QED) is 0.405. The molecule has 3 N–H and O–H groups in total. The van der Waals surface area contributed by atoms with Crippen LogP contribution in [0, 0.1) is 6.92 Å². The Bertz CT molecular complexity index is 515. The number of aromatic nitrogens is 5. The van der Waals surface area contributed by atoms with Crippen LogP contribution in [0.3, 0.4) is 0 Å². The van der Waals surface area contributed by atoms with E-state index in [0.717, 1.165) is 5.69 Å². The van der Waals surface area contributed by atoms with Gasteiger partial charge >= 0.3 is 0 Å². The number of hydrogen-bond acceptors (Lipinski definition) is 5. The van der Waals surface area contributed by atoms with Crippen LogP contribution in [0.1, 0.15) is 16.2 Å². The van der Waals surface area contributed by atoms with Gasteiger partial charge in [0, 0.05) is 11.9 Å². The average molecular weight is 235 g/mol. The van der Waals surface area contributed by atoms with Crippen LogP contribution >= 0.6 is 0 Å². The number of hydrogen-bond donors (Lipinski definition) is 2. The number of nitrogen functional groups attached to an aromatic ring is 1. The largest absolute Gasteiger partial charge is 0.289 e. The van der Waals surface area contributed by atoms with E-state index in [1.54, 1.807) is 17.1 Å². The lowest BCUT2D eigenvalue weighted by atomic mass is 10.4. The molecular weight excluding hydrogens is 222 g/mol. The molecular formula is C9H13N7O. The van der Waals surface area contributed by atoms with Crippen LogP contribution in [0.4, 0.5) is 0 Å². The molecule has 8 heteroatoms. The molecule has 2 rings (SSSR count). The molecule has 17 heavy (non-hydrogen) atoms. The lowest BCUT2D eigenvalue weighted by Gasteiger charge is -2.03. The second-order valence-electron chi connectivity index (χ2n) is 3.54. The Morgan fingerprint density at radius 3 is 3.00 bits per heavy atom. The lowest BCUT2D eigenvalue weighted by Crippen LogP contribution is -2.30. The van der Waals surface area contributed by atoms with Crippen molar-refractivity contribution in [3.8, 4) is 0 Å². The van der Waals surface area contributed by atoms with Gasteiger partial charge in [-0.3, -0.25) is 14.9 Å². The van der Waals surface area contributed by atoms with Crippen molar-refractivity contribution in [2.45, 2.75) is 20.0 Å². The highest BCUT2D eigenvalue weighted by molar-refractivity contribution is 5.91. The second kappa shape index (κ2) is 4.74. The van der Waals surface area contributed by atoms with Crippen molar-refractivity contribution in [1.29, 1.82) is 0 Å². The van der Waals surface area contributed by atoms with E-state index < -0.39 is 5.91 Å². The highest BCUT2D eigenvalue weighted by Gasteiger charge is 2.08. The third-order valence-corrected chi connectivity index (χ3v) is 2.37. The molecule has 0 aliphatic carbocycles. The summed E-state index contributed by atoms with van der Waals surface area (Å²) in [5, 5.41) is 11.7. The SMILES string of the molecule is Cc1ccnn1CCn1cc(C(=O)NN)nn1. The molecule has 8 nitrogen and oxygen atoms in total. The Morgan fingerprint density at radius 1 is 1.53 bits per heavy atom. The molecule has 90 valence electrons. The number of nitrogens with one attached hydrogen (secondary N) is 1. The number of aryl methyl sites for hydroxylation is 3. The summed E-state index contributed by atoms with van der Waals surface area (Å²) in [4.78, 5) is 11.1. The minimum absolute atomic E-state index is 0.199. The summed E-state index contributed by atoms with van der Waals surface area (Å²) >= 11 is 0. The van der Waals surface area contributed by atoms with E-state index in [2.05, 4.69) is 15.4 Å². The molecule has 2 aromatic rings. The summed E-state index contributed by atoms with van der Waals surface area (Å²) in [5.41, 5.74) is 3.27. The summed E-state index contributed by atoms with van der Waals surface area (Å²) in [7, 11) is 0. The van der Waals surface area contributed by atoms with Crippen molar-refractivity contribution < 1.29 is 4.79 Å². The van der Waals surface area contributed by atoms with Crippen LogP contribution in [0.2, 0.25) is 0 Å². The molecule has 0 saturated carbocycles. The maximum Gasteiger partial charge on any atom is 0.287 e. The zero-order valence-corrected chi connectivity index (χ0v) is 9.37. The van der Waals surface area contributed by atoms with Gasteiger partial charge in [0.25, 0.3) is 5.91 Å². The smallest absolute Gasteiger partial charge is 0.287 e. The van der Waals surface area contributed by atoms with Crippen molar-refractivity contribution in [1.82, 2.24) is 30.2 Å². The second-order valence-corrected chi connectivity index (χ2v) is 3.54. The third-order valence-electron chi connectivity index (χ3n) is 2.37. The molecule has 0 fully saturated rings. The molecule has 0 aromatic carbocycles. The van der Waals surface area contributed by atoms with Crippen molar-refractivity contribution in [2.24, 2.45) is 5.84 Å². The zero-order chi connectivity index (χ0) is 12.3. The lowest BCUT2D eigenvalue weighted by molar-refractivity contribution is 0.0948. The van der Waals surface area contributed by atoms with Gasteiger partial charge < -0.3 is 0 Å². The van der Waals surface area contributed by atoms with E-state index in [0.29, 0.717) is 13.1 Å². The number of nitrogens with two attached hydrogens (primary N) is 1. The van der Waals surface area contributed by atoms with Crippen LogP contribution in [-0.2, 0) is 13.1 Å². The molecule has 2 aromatic heterocycles. The zero-order valence-electron chi connectivity index (χ0n) is 9.37. The van der Waals surface area contributed by atoms with Crippen molar-refractivity contribution in [3.05, 3.63) is 29.8 Å². The highest BCUT2D eigenvalue weighted by Crippen LogP contribution is 1.98. The first-order valence-corrected chi connectivity index (χ1v) is 5.10. The number of rotatable bonds is 4. The summed E-state index contributed by atoms with van der Waals surface area (Å²) in [6.45, 7) is 3.24.